The van der Waals surface area contributed by atoms with E-state index >= 15 is 0 Å². The zero-order valence-corrected chi connectivity index (χ0v) is 27.9. The molecule has 0 unspecified atom stereocenters. The van der Waals surface area contributed by atoms with E-state index in [0.29, 0.717) is 5.89 Å². The van der Waals surface area contributed by atoms with E-state index in [1.165, 1.54) is 15.6 Å². The van der Waals surface area contributed by atoms with E-state index in [4.69, 9.17) is 9.40 Å². The number of fused-ring (bicyclic) bond motifs is 5. The summed E-state index contributed by atoms with van der Waals surface area (Å²) < 4.78 is 6.53. The average Bonchev–Trinajstić information content (AvgIpc) is 3.62. The van der Waals surface area contributed by atoms with Crippen LogP contribution in [0.25, 0.3) is 44.1 Å². The zero-order valence-electron chi connectivity index (χ0n) is 26.8. The number of benzene rings is 8. The quantitative estimate of drug-likeness (QED) is 0.0983. The largest absolute Gasteiger partial charge is 0.435 e. The SMILES string of the molecule is c1ccc(-c2nc3ccc4ccc5ccc(N(c6ccccc6)c6ccc([SiH](c7ccccc7)c7ccccc7)cc6)cc5c4c3o2)cc1. The average molecular weight is 645 g/mol. The zero-order chi connectivity index (χ0) is 32.6. The topological polar surface area (TPSA) is 29.3 Å². The Labute approximate surface area is 287 Å². The minimum atomic E-state index is -1.65. The summed E-state index contributed by atoms with van der Waals surface area (Å²) in [4.78, 5) is 7.23. The molecule has 9 aromatic rings. The van der Waals surface area contributed by atoms with Crippen LogP contribution in [-0.4, -0.2) is 13.8 Å². The van der Waals surface area contributed by atoms with Crippen molar-refractivity contribution in [1.29, 1.82) is 0 Å². The maximum absolute atomic E-state index is 6.53. The Bertz CT molecular complexity index is 2490. The van der Waals surface area contributed by atoms with E-state index in [0.717, 1.165) is 55.3 Å². The van der Waals surface area contributed by atoms with Gasteiger partial charge in [0.25, 0.3) is 0 Å². The first kappa shape index (κ1) is 28.9. The van der Waals surface area contributed by atoms with Crippen LogP contribution < -0.4 is 20.5 Å². The van der Waals surface area contributed by atoms with E-state index in [1.54, 1.807) is 0 Å². The normalized spacial score (nSPS) is 11.4. The van der Waals surface area contributed by atoms with Gasteiger partial charge < -0.3 is 9.32 Å². The number of nitrogens with zero attached hydrogens (tertiary/aromatic N) is 2. The van der Waals surface area contributed by atoms with Crippen LogP contribution in [0.15, 0.2) is 192 Å². The number of para-hydroxylation sites is 1. The van der Waals surface area contributed by atoms with Crippen molar-refractivity contribution in [2.24, 2.45) is 0 Å². The van der Waals surface area contributed by atoms with Crippen molar-refractivity contribution >= 4 is 74.1 Å². The van der Waals surface area contributed by atoms with Crippen molar-refractivity contribution in [2.75, 3.05) is 4.90 Å². The van der Waals surface area contributed by atoms with Crippen molar-refractivity contribution in [1.82, 2.24) is 4.98 Å². The minimum Gasteiger partial charge on any atom is -0.435 e. The lowest BCUT2D eigenvalue weighted by Gasteiger charge is -2.27. The van der Waals surface area contributed by atoms with Gasteiger partial charge in [0.15, 0.2) is 5.58 Å². The van der Waals surface area contributed by atoms with Crippen molar-refractivity contribution in [3.05, 3.63) is 188 Å². The molecule has 1 heterocycles. The highest BCUT2D eigenvalue weighted by molar-refractivity contribution is 6.95. The lowest BCUT2D eigenvalue weighted by Crippen LogP contribution is -2.51. The Morgan fingerprint density at radius 3 is 1.63 bits per heavy atom. The van der Waals surface area contributed by atoms with Crippen LogP contribution in [0.1, 0.15) is 0 Å². The molecule has 0 spiro atoms. The van der Waals surface area contributed by atoms with Gasteiger partial charge in [-0.15, -0.1) is 0 Å². The number of hydrogen-bond donors (Lipinski definition) is 0. The third kappa shape index (κ3) is 5.38. The van der Waals surface area contributed by atoms with Crippen molar-refractivity contribution < 1.29 is 4.42 Å². The van der Waals surface area contributed by atoms with Crippen LogP contribution in [0.2, 0.25) is 0 Å². The Hall–Kier alpha value is -6.23. The second-order valence-corrected chi connectivity index (χ2v) is 15.3. The third-order valence-electron chi connectivity index (χ3n) is 9.38. The van der Waals surface area contributed by atoms with E-state index in [9.17, 15) is 0 Å². The van der Waals surface area contributed by atoms with E-state index in [-0.39, 0.29) is 0 Å². The molecule has 1 aromatic heterocycles. The van der Waals surface area contributed by atoms with Gasteiger partial charge in [0, 0.05) is 28.0 Å². The van der Waals surface area contributed by atoms with E-state index in [2.05, 4.69) is 163 Å². The monoisotopic (exact) mass is 644 g/mol. The lowest BCUT2D eigenvalue weighted by molar-refractivity contribution is 0.623. The van der Waals surface area contributed by atoms with Crippen LogP contribution in [0.3, 0.4) is 0 Å². The molecule has 232 valence electrons. The summed E-state index contributed by atoms with van der Waals surface area (Å²) in [5.74, 6) is 0.634. The molecule has 0 aliphatic rings. The van der Waals surface area contributed by atoms with Crippen LogP contribution in [0.5, 0.6) is 0 Å². The second kappa shape index (κ2) is 12.4. The maximum atomic E-state index is 6.53. The van der Waals surface area contributed by atoms with E-state index < -0.39 is 8.80 Å². The van der Waals surface area contributed by atoms with Crippen molar-refractivity contribution in [3.63, 3.8) is 0 Å². The molecule has 4 heteroatoms. The predicted molar refractivity (Wildman–Crippen MR) is 208 cm³/mol. The summed E-state index contributed by atoms with van der Waals surface area (Å²) in [6.07, 6.45) is 0. The molecule has 0 aliphatic carbocycles. The van der Waals surface area contributed by atoms with Crippen LogP contribution >= 0.6 is 0 Å². The minimum absolute atomic E-state index is 0.634. The molecule has 0 N–H and O–H groups in total. The second-order valence-electron chi connectivity index (χ2n) is 12.4. The summed E-state index contributed by atoms with van der Waals surface area (Å²) in [5, 5.41) is 8.71. The van der Waals surface area contributed by atoms with Crippen LogP contribution in [-0.2, 0) is 0 Å². The molecule has 0 bridgehead atoms. The van der Waals surface area contributed by atoms with Gasteiger partial charge in [-0.05, 0) is 70.8 Å². The van der Waals surface area contributed by atoms with Gasteiger partial charge in [-0.3, -0.25) is 0 Å². The molecule has 0 aliphatic heterocycles. The molecule has 49 heavy (non-hydrogen) atoms. The highest BCUT2D eigenvalue weighted by Crippen LogP contribution is 2.39. The molecule has 8 aromatic carbocycles. The predicted octanol–water partition coefficient (Wildman–Crippen LogP) is 9.52. The number of aromatic nitrogens is 1. The Balaban J connectivity index is 1.19. The highest BCUT2D eigenvalue weighted by Gasteiger charge is 2.21. The van der Waals surface area contributed by atoms with Crippen molar-refractivity contribution in [3.8, 4) is 11.5 Å². The first-order valence-electron chi connectivity index (χ1n) is 16.7. The molecular formula is C45H32N2OSi. The van der Waals surface area contributed by atoms with Gasteiger partial charge in [-0.2, -0.15) is 0 Å². The van der Waals surface area contributed by atoms with Gasteiger partial charge in [-0.1, -0.05) is 149 Å². The summed E-state index contributed by atoms with van der Waals surface area (Å²) in [7, 11) is -1.65. The Morgan fingerprint density at radius 1 is 0.449 bits per heavy atom. The van der Waals surface area contributed by atoms with Gasteiger partial charge >= 0.3 is 0 Å². The Morgan fingerprint density at radius 2 is 0.959 bits per heavy atom. The number of rotatable bonds is 7. The third-order valence-corrected chi connectivity index (χ3v) is 12.5. The first-order chi connectivity index (χ1) is 24.3. The lowest BCUT2D eigenvalue weighted by atomic mass is 10.00. The molecule has 0 saturated carbocycles. The van der Waals surface area contributed by atoms with Crippen LogP contribution in [0, 0.1) is 0 Å². The molecule has 9 rings (SSSR count). The highest BCUT2D eigenvalue weighted by atomic mass is 28.3. The standard InChI is InChI=1S/C45H32N2OSi/c1-5-13-34(14-6-1)45-46-42-30-24-33-22-21-32-23-25-37(31-41(32)43(33)44(42)48-45)47(35-15-7-2-8-16-35)36-26-28-40(29-27-36)49(38-17-9-3-10-18-38)39-19-11-4-12-20-39/h1-31,49H. The molecule has 0 amide bonds. The van der Waals surface area contributed by atoms with Crippen LogP contribution in [0.4, 0.5) is 17.1 Å². The smallest absolute Gasteiger partial charge is 0.227 e. The van der Waals surface area contributed by atoms with Gasteiger partial charge in [0.2, 0.25) is 5.89 Å². The summed E-state index contributed by atoms with van der Waals surface area (Å²) in [6.45, 7) is 0. The summed E-state index contributed by atoms with van der Waals surface area (Å²) >= 11 is 0. The molecule has 0 radical (unpaired) electrons. The van der Waals surface area contributed by atoms with Gasteiger partial charge in [-0.25, -0.2) is 4.98 Å². The summed E-state index contributed by atoms with van der Waals surface area (Å²) in [6, 6.07) is 67.2. The summed E-state index contributed by atoms with van der Waals surface area (Å²) in [5.41, 5.74) is 5.93. The fraction of sp³-hybridized carbons (Fsp3) is 0. The maximum Gasteiger partial charge on any atom is 0.227 e. The van der Waals surface area contributed by atoms with Gasteiger partial charge in [0.1, 0.15) is 14.3 Å². The molecule has 0 atom stereocenters. The molecule has 3 nitrogen and oxygen atoms in total. The number of oxazole rings is 1. The van der Waals surface area contributed by atoms with Gasteiger partial charge in [0.05, 0.1) is 0 Å². The fourth-order valence-corrected chi connectivity index (χ4v) is 10.0. The number of anilines is 3. The first-order valence-corrected chi connectivity index (χ1v) is 18.4. The Kier molecular flexibility index (Phi) is 7.34. The van der Waals surface area contributed by atoms with Crippen molar-refractivity contribution in [2.45, 2.75) is 0 Å². The number of hydrogen-bond acceptors (Lipinski definition) is 3. The molecule has 0 fully saturated rings. The van der Waals surface area contributed by atoms with E-state index in [1.807, 2.05) is 30.3 Å². The fourth-order valence-electron chi connectivity index (χ4n) is 7.06. The molecular weight excluding hydrogens is 613 g/mol. The molecule has 0 saturated heterocycles.